The molecule has 1 unspecified atom stereocenters. The molecule has 0 saturated carbocycles. The second-order valence-electron chi connectivity index (χ2n) is 4.54. The van der Waals surface area contributed by atoms with Crippen molar-refractivity contribution in [2.75, 3.05) is 0 Å². The number of carbonyl (C=O) groups is 1. The Balaban J connectivity index is 2.50. The SMILES string of the molecule is CCCC(C)(N)C(=O)CCc1ccnn1C. The standard InChI is InChI=1S/C12H21N3O/c1-4-8-12(2,13)11(16)6-5-10-7-9-14-15(10)3/h7,9H,4-6,8,13H2,1-3H3. The van der Waals surface area contributed by atoms with Crippen molar-refractivity contribution in [3.63, 3.8) is 0 Å². The van der Waals surface area contributed by atoms with E-state index in [4.69, 9.17) is 5.73 Å². The summed E-state index contributed by atoms with van der Waals surface area (Å²) in [6, 6.07) is 1.93. The molecule has 1 atom stereocenters. The Hall–Kier alpha value is -1.16. The second-order valence-corrected chi connectivity index (χ2v) is 4.54. The highest BCUT2D eigenvalue weighted by Gasteiger charge is 2.26. The third-order valence-electron chi connectivity index (χ3n) is 2.94. The summed E-state index contributed by atoms with van der Waals surface area (Å²) >= 11 is 0. The monoisotopic (exact) mass is 223 g/mol. The van der Waals surface area contributed by atoms with Crippen LogP contribution < -0.4 is 5.73 Å². The van der Waals surface area contributed by atoms with Crippen molar-refractivity contribution >= 4 is 5.78 Å². The summed E-state index contributed by atoms with van der Waals surface area (Å²) in [5.41, 5.74) is 6.37. The number of aromatic nitrogens is 2. The maximum atomic E-state index is 11.9. The molecule has 1 aromatic rings. The molecule has 0 spiro atoms. The lowest BCUT2D eigenvalue weighted by Crippen LogP contribution is -2.44. The Labute approximate surface area is 96.8 Å². The highest BCUT2D eigenvalue weighted by atomic mass is 16.1. The zero-order valence-electron chi connectivity index (χ0n) is 10.4. The van der Waals surface area contributed by atoms with Gasteiger partial charge in [0.1, 0.15) is 0 Å². The highest BCUT2D eigenvalue weighted by molar-refractivity contribution is 5.87. The molecule has 1 heterocycles. The summed E-state index contributed by atoms with van der Waals surface area (Å²) < 4.78 is 1.79. The summed E-state index contributed by atoms with van der Waals surface area (Å²) in [5, 5.41) is 4.07. The Morgan fingerprint density at radius 3 is 2.81 bits per heavy atom. The van der Waals surface area contributed by atoms with Crippen molar-refractivity contribution in [1.82, 2.24) is 9.78 Å². The van der Waals surface area contributed by atoms with Crippen LogP contribution in [-0.2, 0) is 18.3 Å². The van der Waals surface area contributed by atoms with Crippen molar-refractivity contribution < 1.29 is 4.79 Å². The summed E-state index contributed by atoms with van der Waals surface area (Å²) in [6.07, 6.45) is 4.63. The minimum Gasteiger partial charge on any atom is -0.319 e. The molecule has 0 saturated heterocycles. The molecule has 4 nitrogen and oxygen atoms in total. The molecule has 0 fully saturated rings. The van der Waals surface area contributed by atoms with E-state index in [0.717, 1.165) is 18.5 Å². The molecule has 0 radical (unpaired) electrons. The molecule has 0 aliphatic carbocycles. The molecular weight excluding hydrogens is 202 g/mol. The predicted molar refractivity (Wildman–Crippen MR) is 64.0 cm³/mol. The number of Topliss-reactive ketones (excluding diaryl/α,β-unsaturated/α-hetero) is 1. The van der Waals surface area contributed by atoms with Gasteiger partial charge in [0, 0.05) is 25.4 Å². The topological polar surface area (TPSA) is 60.9 Å². The summed E-state index contributed by atoms with van der Waals surface area (Å²) in [6.45, 7) is 3.86. The Kier molecular flexibility index (Phi) is 4.24. The average Bonchev–Trinajstić information content (AvgIpc) is 2.60. The van der Waals surface area contributed by atoms with Crippen molar-refractivity contribution in [3.05, 3.63) is 18.0 Å². The largest absolute Gasteiger partial charge is 0.319 e. The van der Waals surface area contributed by atoms with E-state index < -0.39 is 5.54 Å². The van der Waals surface area contributed by atoms with Crippen LogP contribution in [0.5, 0.6) is 0 Å². The molecule has 90 valence electrons. The van der Waals surface area contributed by atoms with Crippen LogP contribution in [0.3, 0.4) is 0 Å². The molecule has 0 amide bonds. The van der Waals surface area contributed by atoms with E-state index in [9.17, 15) is 4.79 Å². The Morgan fingerprint density at radius 1 is 1.62 bits per heavy atom. The molecule has 0 aliphatic heterocycles. The van der Waals surface area contributed by atoms with E-state index in [1.165, 1.54) is 0 Å². The lowest BCUT2D eigenvalue weighted by molar-refractivity contribution is -0.123. The molecular formula is C12H21N3O. The molecule has 0 bridgehead atoms. The zero-order chi connectivity index (χ0) is 12.2. The van der Waals surface area contributed by atoms with Gasteiger partial charge in [0.2, 0.25) is 0 Å². The minimum atomic E-state index is -0.673. The van der Waals surface area contributed by atoms with Gasteiger partial charge in [0.25, 0.3) is 0 Å². The van der Waals surface area contributed by atoms with Gasteiger partial charge >= 0.3 is 0 Å². The van der Waals surface area contributed by atoms with Crippen LogP contribution in [0.4, 0.5) is 0 Å². The first-order valence-corrected chi connectivity index (χ1v) is 5.76. The van der Waals surface area contributed by atoms with Gasteiger partial charge in [0.15, 0.2) is 5.78 Å². The lowest BCUT2D eigenvalue weighted by atomic mass is 9.89. The van der Waals surface area contributed by atoms with E-state index in [1.807, 2.05) is 27.0 Å². The number of nitrogens with zero attached hydrogens (tertiary/aromatic N) is 2. The lowest BCUT2D eigenvalue weighted by Gasteiger charge is -2.22. The Bertz CT molecular complexity index is 355. The van der Waals surface area contributed by atoms with Gasteiger partial charge in [-0.15, -0.1) is 0 Å². The average molecular weight is 223 g/mol. The van der Waals surface area contributed by atoms with Crippen LogP contribution in [-0.4, -0.2) is 21.1 Å². The van der Waals surface area contributed by atoms with Gasteiger partial charge in [-0.3, -0.25) is 9.48 Å². The van der Waals surface area contributed by atoms with Crippen LogP contribution in [0.2, 0.25) is 0 Å². The summed E-state index contributed by atoms with van der Waals surface area (Å²) in [7, 11) is 1.88. The number of aryl methyl sites for hydroxylation is 2. The van der Waals surface area contributed by atoms with E-state index in [2.05, 4.69) is 5.10 Å². The van der Waals surface area contributed by atoms with E-state index >= 15 is 0 Å². The fraction of sp³-hybridized carbons (Fsp3) is 0.667. The van der Waals surface area contributed by atoms with Gasteiger partial charge in [0.05, 0.1) is 5.54 Å². The van der Waals surface area contributed by atoms with Gasteiger partial charge in [-0.2, -0.15) is 5.10 Å². The molecule has 1 rings (SSSR count). The third kappa shape index (κ3) is 3.17. The van der Waals surface area contributed by atoms with Crippen LogP contribution in [0.15, 0.2) is 12.3 Å². The third-order valence-corrected chi connectivity index (χ3v) is 2.94. The first kappa shape index (κ1) is 12.9. The highest BCUT2D eigenvalue weighted by Crippen LogP contribution is 2.13. The number of ketones is 1. The number of nitrogens with two attached hydrogens (primary N) is 1. The smallest absolute Gasteiger partial charge is 0.152 e. The summed E-state index contributed by atoms with van der Waals surface area (Å²) in [5.74, 6) is 0.135. The number of hydrogen-bond donors (Lipinski definition) is 1. The first-order chi connectivity index (χ1) is 7.47. The second kappa shape index (κ2) is 5.25. The van der Waals surface area contributed by atoms with Crippen LogP contribution >= 0.6 is 0 Å². The van der Waals surface area contributed by atoms with E-state index in [-0.39, 0.29) is 5.78 Å². The maximum absolute atomic E-state index is 11.9. The van der Waals surface area contributed by atoms with Crippen LogP contribution in [0, 0.1) is 0 Å². The van der Waals surface area contributed by atoms with Gasteiger partial charge in [-0.25, -0.2) is 0 Å². The van der Waals surface area contributed by atoms with Crippen molar-refractivity contribution in [2.45, 2.75) is 45.1 Å². The van der Waals surface area contributed by atoms with Crippen LogP contribution in [0.1, 0.15) is 38.8 Å². The van der Waals surface area contributed by atoms with Crippen LogP contribution in [0.25, 0.3) is 0 Å². The quantitative estimate of drug-likeness (QED) is 0.793. The van der Waals surface area contributed by atoms with Gasteiger partial charge < -0.3 is 5.73 Å². The van der Waals surface area contributed by atoms with Gasteiger partial charge in [-0.1, -0.05) is 13.3 Å². The Morgan fingerprint density at radius 2 is 2.31 bits per heavy atom. The van der Waals surface area contributed by atoms with Crippen molar-refractivity contribution in [3.8, 4) is 0 Å². The number of carbonyl (C=O) groups excluding carboxylic acids is 1. The van der Waals surface area contributed by atoms with Crippen molar-refractivity contribution in [2.24, 2.45) is 12.8 Å². The molecule has 0 aliphatic rings. The number of rotatable bonds is 6. The number of hydrogen-bond acceptors (Lipinski definition) is 3. The molecule has 2 N–H and O–H groups in total. The first-order valence-electron chi connectivity index (χ1n) is 5.76. The minimum absolute atomic E-state index is 0.135. The normalized spacial score (nSPS) is 14.8. The van der Waals surface area contributed by atoms with E-state index in [1.54, 1.807) is 10.9 Å². The van der Waals surface area contributed by atoms with Gasteiger partial charge in [-0.05, 0) is 25.8 Å². The molecule has 0 aromatic carbocycles. The molecule has 1 aromatic heterocycles. The summed E-state index contributed by atoms with van der Waals surface area (Å²) in [4.78, 5) is 11.9. The predicted octanol–water partition coefficient (Wildman–Crippen LogP) is 1.44. The molecule has 16 heavy (non-hydrogen) atoms. The maximum Gasteiger partial charge on any atom is 0.152 e. The molecule has 4 heteroatoms. The van der Waals surface area contributed by atoms with Crippen molar-refractivity contribution in [1.29, 1.82) is 0 Å². The fourth-order valence-corrected chi connectivity index (χ4v) is 1.83. The fourth-order valence-electron chi connectivity index (χ4n) is 1.83. The van der Waals surface area contributed by atoms with E-state index in [0.29, 0.717) is 12.8 Å². The zero-order valence-corrected chi connectivity index (χ0v) is 10.4.